The number of thioether (sulfide) groups is 1. The van der Waals surface area contributed by atoms with Gasteiger partial charge in [-0.3, -0.25) is 4.79 Å². The number of rotatable bonds is 5. The molecule has 0 fully saturated rings. The predicted molar refractivity (Wildman–Crippen MR) is 96.5 cm³/mol. The lowest BCUT2D eigenvalue weighted by molar-refractivity contribution is -0.127. The van der Waals surface area contributed by atoms with Gasteiger partial charge in [0.1, 0.15) is 0 Å². The van der Waals surface area contributed by atoms with E-state index in [-0.39, 0.29) is 17.2 Å². The molecule has 130 valence electrons. The van der Waals surface area contributed by atoms with Crippen LogP contribution in [0.1, 0.15) is 26.3 Å². The van der Waals surface area contributed by atoms with E-state index in [9.17, 15) is 4.79 Å². The van der Waals surface area contributed by atoms with Gasteiger partial charge in [0.15, 0.2) is 0 Å². The summed E-state index contributed by atoms with van der Waals surface area (Å²) in [7, 11) is 1.75. The van der Waals surface area contributed by atoms with E-state index < -0.39 is 0 Å². The Hall–Kier alpha value is -1.31. The molecule has 0 unspecified atom stereocenters. The maximum atomic E-state index is 12.3. The molecule has 2 rings (SSSR count). The van der Waals surface area contributed by atoms with Crippen LogP contribution in [0.25, 0.3) is 0 Å². The second-order valence-electron chi connectivity index (χ2n) is 6.33. The van der Waals surface area contributed by atoms with Gasteiger partial charge in [-0.2, -0.15) is 0 Å². The number of carbonyl (C=O) groups excluding carboxylic acids is 1. The summed E-state index contributed by atoms with van der Waals surface area (Å²) in [5.41, 5.74) is 0.686. The molecule has 0 saturated heterocycles. The van der Waals surface area contributed by atoms with Crippen molar-refractivity contribution < 1.29 is 4.79 Å². The fourth-order valence-electron chi connectivity index (χ4n) is 1.93. The number of aromatic nitrogens is 4. The lowest BCUT2D eigenvalue weighted by Crippen LogP contribution is -2.28. The number of hydrogen-bond acceptors (Lipinski definition) is 5. The number of nitrogens with zero attached hydrogens (tertiary/aromatic N) is 5. The topological polar surface area (TPSA) is 63.9 Å². The van der Waals surface area contributed by atoms with Crippen LogP contribution in [0.2, 0.25) is 10.0 Å². The van der Waals surface area contributed by atoms with Crippen molar-refractivity contribution in [1.82, 2.24) is 25.1 Å². The number of benzene rings is 1. The average molecular weight is 388 g/mol. The molecule has 0 N–H and O–H groups in total. The molecule has 1 aromatic heterocycles. The van der Waals surface area contributed by atoms with Crippen LogP contribution < -0.4 is 0 Å². The first-order valence-corrected chi connectivity index (χ1v) is 9.02. The first-order chi connectivity index (χ1) is 11.2. The third kappa shape index (κ3) is 4.84. The van der Waals surface area contributed by atoms with Crippen LogP contribution in [0.5, 0.6) is 0 Å². The first-order valence-electron chi connectivity index (χ1n) is 7.28. The monoisotopic (exact) mass is 387 g/mol. The van der Waals surface area contributed by atoms with Crippen LogP contribution in [0.4, 0.5) is 0 Å². The van der Waals surface area contributed by atoms with E-state index in [1.54, 1.807) is 28.8 Å². The highest BCUT2D eigenvalue weighted by atomic mass is 35.5. The van der Waals surface area contributed by atoms with E-state index >= 15 is 0 Å². The largest absolute Gasteiger partial charge is 0.341 e. The van der Waals surface area contributed by atoms with E-state index in [1.807, 2.05) is 26.8 Å². The number of carbonyl (C=O) groups is 1. The summed E-state index contributed by atoms with van der Waals surface area (Å²) < 4.78 is 1.71. The van der Waals surface area contributed by atoms with Gasteiger partial charge in [0.05, 0.1) is 21.3 Å². The zero-order valence-corrected chi connectivity index (χ0v) is 16.3. The summed E-state index contributed by atoms with van der Waals surface area (Å²) in [6.45, 7) is 6.48. The molecule has 0 atom stereocenters. The van der Waals surface area contributed by atoms with Crippen LogP contribution >= 0.6 is 35.0 Å². The van der Waals surface area contributed by atoms with Crippen LogP contribution in [0, 0.1) is 0 Å². The summed E-state index contributed by atoms with van der Waals surface area (Å²) in [6.07, 6.45) is 0. The van der Waals surface area contributed by atoms with Gasteiger partial charge < -0.3 is 4.90 Å². The Balaban J connectivity index is 1.95. The zero-order valence-electron chi connectivity index (χ0n) is 14.0. The summed E-state index contributed by atoms with van der Waals surface area (Å²) >= 11 is 13.2. The van der Waals surface area contributed by atoms with Crippen molar-refractivity contribution in [3.05, 3.63) is 33.8 Å². The molecule has 24 heavy (non-hydrogen) atoms. The van der Waals surface area contributed by atoms with Gasteiger partial charge >= 0.3 is 0 Å². The van der Waals surface area contributed by atoms with Crippen LogP contribution in [-0.2, 0) is 16.9 Å². The van der Waals surface area contributed by atoms with Crippen molar-refractivity contribution in [3.8, 4) is 0 Å². The molecule has 6 nitrogen and oxygen atoms in total. The van der Waals surface area contributed by atoms with Gasteiger partial charge in [-0.05, 0) is 48.9 Å². The molecule has 0 spiro atoms. The van der Waals surface area contributed by atoms with Gasteiger partial charge in [-0.25, -0.2) is 4.68 Å². The highest BCUT2D eigenvalue weighted by Gasteiger charge is 2.21. The van der Waals surface area contributed by atoms with Crippen molar-refractivity contribution in [1.29, 1.82) is 0 Å². The zero-order chi connectivity index (χ0) is 17.9. The molecule has 2 aromatic rings. The third-order valence-electron chi connectivity index (χ3n) is 3.23. The van der Waals surface area contributed by atoms with Crippen molar-refractivity contribution >= 4 is 40.9 Å². The number of tetrazole rings is 1. The van der Waals surface area contributed by atoms with Gasteiger partial charge in [0.2, 0.25) is 11.1 Å². The molecule has 0 aliphatic rings. The van der Waals surface area contributed by atoms with E-state index in [0.717, 1.165) is 5.56 Å². The average Bonchev–Trinajstić information content (AvgIpc) is 2.97. The summed E-state index contributed by atoms with van der Waals surface area (Å²) in [6, 6.07) is 5.34. The van der Waals surface area contributed by atoms with Crippen molar-refractivity contribution in [2.45, 2.75) is 38.0 Å². The Kier molecular flexibility index (Phi) is 6.11. The van der Waals surface area contributed by atoms with Crippen molar-refractivity contribution in [2.75, 3.05) is 12.8 Å². The molecule has 1 amide bonds. The smallest absolute Gasteiger partial charge is 0.233 e. The highest BCUT2D eigenvalue weighted by Crippen LogP contribution is 2.24. The fourth-order valence-corrected chi connectivity index (χ4v) is 3.25. The Bertz CT molecular complexity index is 729. The standard InChI is InChI=1S/C15H19Cl2N5OS/c1-15(2,3)22-14(18-19-20-22)24-9-13(23)21(4)8-10-5-6-11(16)12(17)7-10/h5-7H,8-9H2,1-4H3. The highest BCUT2D eigenvalue weighted by molar-refractivity contribution is 7.99. The minimum atomic E-state index is -0.235. The van der Waals surface area contributed by atoms with Crippen molar-refractivity contribution in [2.24, 2.45) is 0 Å². The third-order valence-corrected chi connectivity index (χ3v) is 4.87. The second-order valence-corrected chi connectivity index (χ2v) is 8.09. The Morgan fingerprint density at radius 2 is 2.00 bits per heavy atom. The predicted octanol–water partition coefficient (Wildman–Crippen LogP) is 3.49. The lowest BCUT2D eigenvalue weighted by Gasteiger charge is -2.20. The van der Waals surface area contributed by atoms with E-state index in [0.29, 0.717) is 21.7 Å². The molecule has 0 aliphatic heterocycles. The molecule has 0 bridgehead atoms. The number of amides is 1. The van der Waals surface area contributed by atoms with Gasteiger partial charge in [0, 0.05) is 13.6 Å². The first kappa shape index (κ1) is 19.0. The Morgan fingerprint density at radius 1 is 1.29 bits per heavy atom. The van der Waals surface area contributed by atoms with Gasteiger partial charge in [-0.15, -0.1) is 5.10 Å². The van der Waals surface area contributed by atoms with E-state index in [2.05, 4.69) is 15.5 Å². The maximum Gasteiger partial charge on any atom is 0.233 e. The Morgan fingerprint density at radius 3 is 2.62 bits per heavy atom. The lowest BCUT2D eigenvalue weighted by atomic mass is 10.1. The molecular formula is C15H19Cl2N5OS. The molecule has 9 heteroatoms. The second kappa shape index (κ2) is 7.72. The SMILES string of the molecule is CN(Cc1ccc(Cl)c(Cl)c1)C(=O)CSc1nnnn1C(C)(C)C. The normalized spacial score (nSPS) is 11.6. The molecular weight excluding hydrogens is 369 g/mol. The molecule has 1 heterocycles. The van der Waals surface area contributed by atoms with E-state index in [1.165, 1.54) is 11.8 Å². The quantitative estimate of drug-likeness (QED) is 0.734. The van der Waals surface area contributed by atoms with Crippen LogP contribution in [0.15, 0.2) is 23.4 Å². The number of hydrogen-bond donors (Lipinski definition) is 0. The van der Waals surface area contributed by atoms with Gasteiger partial charge in [-0.1, -0.05) is 41.0 Å². The summed E-state index contributed by atoms with van der Waals surface area (Å²) in [5, 5.41) is 13.3. The maximum absolute atomic E-state index is 12.3. The van der Waals surface area contributed by atoms with Crippen LogP contribution in [0.3, 0.4) is 0 Å². The number of halogens is 2. The Labute approximate surface area is 155 Å². The van der Waals surface area contributed by atoms with Crippen LogP contribution in [-0.4, -0.2) is 43.8 Å². The van der Waals surface area contributed by atoms with E-state index in [4.69, 9.17) is 23.2 Å². The fraction of sp³-hybridized carbons (Fsp3) is 0.467. The summed E-state index contributed by atoms with van der Waals surface area (Å²) in [5.74, 6) is 0.239. The molecule has 0 radical (unpaired) electrons. The molecule has 0 aliphatic carbocycles. The summed E-state index contributed by atoms with van der Waals surface area (Å²) in [4.78, 5) is 14.0. The van der Waals surface area contributed by atoms with Gasteiger partial charge in [0.25, 0.3) is 0 Å². The minimum absolute atomic E-state index is 0.0190. The van der Waals surface area contributed by atoms with Crippen molar-refractivity contribution in [3.63, 3.8) is 0 Å². The minimum Gasteiger partial charge on any atom is -0.341 e. The molecule has 1 aromatic carbocycles. The molecule has 0 saturated carbocycles.